The van der Waals surface area contributed by atoms with Crippen molar-refractivity contribution >= 4 is 60.2 Å². The molecule has 0 aliphatic heterocycles. The molecule has 0 aliphatic carbocycles. The average molecular weight is 579 g/mol. The number of thiazole rings is 1. The van der Waals surface area contributed by atoms with Crippen molar-refractivity contribution in [2.24, 2.45) is 5.10 Å². The maximum Gasteiger partial charge on any atom is 0.280 e. The van der Waals surface area contributed by atoms with Gasteiger partial charge in [-0.2, -0.15) is 24.9 Å². The minimum atomic E-state index is -3.97. The molecule has 0 saturated carbocycles. The molecule has 39 heavy (non-hydrogen) atoms. The number of nitriles is 2. The number of aromatic nitrogens is 1. The first kappa shape index (κ1) is 27.9. The van der Waals surface area contributed by atoms with Gasteiger partial charge in [0, 0.05) is 36.4 Å². The molecule has 0 bridgehead atoms. The van der Waals surface area contributed by atoms with Crippen LogP contribution in [0.4, 0.5) is 5.13 Å². The van der Waals surface area contributed by atoms with Crippen LogP contribution in [0.3, 0.4) is 0 Å². The zero-order valence-electron chi connectivity index (χ0n) is 20.7. The lowest BCUT2D eigenvalue weighted by molar-refractivity contribution is 0.0987. The Morgan fingerprint density at radius 1 is 1.10 bits per heavy atom. The summed E-state index contributed by atoms with van der Waals surface area (Å²) < 4.78 is 33.5. The van der Waals surface area contributed by atoms with E-state index >= 15 is 0 Å². The Kier molecular flexibility index (Phi) is 9.01. The monoisotopic (exact) mass is 578 g/mol. The van der Waals surface area contributed by atoms with E-state index in [2.05, 4.69) is 10.1 Å². The molecule has 198 valence electrons. The maximum absolute atomic E-state index is 13.6. The normalized spacial score (nSPS) is 11.5. The highest BCUT2D eigenvalue weighted by atomic mass is 32.2. The van der Waals surface area contributed by atoms with Crippen LogP contribution < -0.4 is 9.75 Å². The summed E-state index contributed by atoms with van der Waals surface area (Å²) in [6.07, 6.45) is 1.55. The van der Waals surface area contributed by atoms with Gasteiger partial charge in [-0.3, -0.25) is 4.79 Å². The summed E-state index contributed by atoms with van der Waals surface area (Å²) in [5.41, 5.74) is 0.880. The van der Waals surface area contributed by atoms with Gasteiger partial charge in [-0.25, -0.2) is 13.4 Å². The van der Waals surface area contributed by atoms with Crippen LogP contribution in [0.1, 0.15) is 28.1 Å². The lowest BCUT2D eigenvalue weighted by Gasteiger charge is -2.20. The molecule has 0 unspecified atom stereocenters. The van der Waals surface area contributed by atoms with Gasteiger partial charge in [0.2, 0.25) is 15.2 Å². The van der Waals surface area contributed by atoms with E-state index in [0.29, 0.717) is 16.4 Å². The third-order valence-electron chi connectivity index (χ3n) is 5.49. The number of nitrogens with zero attached hydrogens (tertiary/aromatic N) is 6. The van der Waals surface area contributed by atoms with Gasteiger partial charge in [0.1, 0.15) is 5.75 Å². The highest BCUT2D eigenvalue weighted by Crippen LogP contribution is 2.32. The molecule has 0 N–H and O–H groups in total. The highest BCUT2D eigenvalue weighted by Gasteiger charge is 2.26. The Labute approximate surface area is 233 Å². The van der Waals surface area contributed by atoms with Crippen molar-refractivity contribution in [3.63, 3.8) is 0 Å². The van der Waals surface area contributed by atoms with E-state index in [4.69, 9.17) is 15.3 Å². The molecule has 4 rings (SSSR count). The summed E-state index contributed by atoms with van der Waals surface area (Å²) >= 11 is 2.73. The molecule has 0 aliphatic rings. The highest BCUT2D eigenvalue weighted by molar-refractivity contribution is 7.89. The van der Waals surface area contributed by atoms with E-state index < -0.39 is 15.9 Å². The number of benzene rings is 2. The number of ether oxygens (including phenoxy) is 1. The van der Waals surface area contributed by atoms with Crippen LogP contribution in [-0.4, -0.2) is 50.0 Å². The Balaban J connectivity index is 1.66. The van der Waals surface area contributed by atoms with Gasteiger partial charge in [-0.1, -0.05) is 17.4 Å². The van der Waals surface area contributed by atoms with Crippen molar-refractivity contribution in [2.75, 3.05) is 25.2 Å². The van der Waals surface area contributed by atoms with E-state index in [1.807, 2.05) is 35.7 Å². The molecule has 0 radical (unpaired) electrons. The summed E-state index contributed by atoms with van der Waals surface area (Å²) in [7, 11) is -2.40. The van der Waals surface area contributed by atoms with E-state index in [1.54, 1.807) is 25.5 Å². The molecule has 0 fully saturated rings. The van der Waals surface area contributed by atoms with Gasteiger partial charge in [0.05, 0.1) is 40.6 Å². The Bertz CT molecular complexity index is 1650. The van der Waals surface area contributed by atoms with Gasteiger partial charge >= 0.3 is 0 Å². The third-order valence-corrected chi connectivity index (χ3v) is 9.20. The quantitative estimate of drug-likeness (QED) is 0.183. The number of sulfonamides is 1. The topological polar surface area (TPSA) is 140 Å². The molecule has 0 saturated heterocycles. The van der Waals surface area contributed by atoms with Crippen LogP contribution in [-0.2, 0) is 10.0 Å². The molecule has 0 atom stereocenters. The van der Waals surface area contributed by atoms with E-state index in [1.165, 1.54) is 51.9 Å². The maximum atomic E-state index is 13.6. The predicted molar refractivity (Wildman–Crippen MR) is 151 cm³/mol. The summed E-state index contributed by atoms with van der Waals surface area (Å²) in [4.78, 5) is 19.0. The first-order chi connectivity index (χ1) is 18.9. The zero-order chi connectivity index (χ0) is 27.8. The smallest absolute Gasteiger partial charge is 0.280 e. The van der Waals surface area contributed by atoms with E-state index in [0.717, 1.165) is 13.9 Å². The molecular weight excluding hydrogens is 557 g/mol. The van der Waals surface area contributed by atoms with Crippen molar-refractivity contribution in [1.29, 1.82) is 10.5 Å². The summed E-state index contributed by atoms with van der Waals surface area (Å²) in [5.74, 6) is 0.164. The fourth-order valence-corrected chi connectivity index (χ4v) is 6.49. The fourth-order valence-electron chi connectivity index (χ4n) is 3.52. The van der Waals surface area contributed by atoms with Crippen LogP contribution in [0.25, 0.3) is 10.2 Å². The number of hydrogen-bond donors (Lipinski definition) is 0. The van der Waals surface area contributed by atoms with Crippen molar-refractivity contribution in [3.8, 4) is 17.9 Å². The second kappa shape index (κ2) is 12.6. The summed E-state index contributed by atoms with van der Waals surface area (Å²) in [6, 6.07) is 18.5. The molecule has 13 heteroatoms. The lowest BCUT2D eigenvalue weighted by Crippen LogP contribution is -2.33. The molecule has 2 heterocycles. The van der Waals surface area contributed by atoms with Crippen molar-refractivity contribution < 1.29 is 17.9 Å². The van der Waals surface area contributed by atoms with Crippen molar-refractivity contribution in [2.45, 2.75) is 17.7 Å². The Hall–Kier alpha value is -4.14. The standard InChI is InChI=1S/C26H22N6O4S3/c1-36-20-8-11-23-24(17-20)38-26(30-23)32(29-18-21-5-2-16-37-21)25(33)19-6-9-22(10-7-19)39(34,35)31(14-3-12-27)15-4-13-28/h2,5-11,16-18H,3-4,14-15H2,1H3/b29-18+. The zero-order valence-corrected chi connectivity index (χ0v) is 23.2. The number of methoxy groups -OCH3 is 1. The number of amides is 1. The average Bonchev–Trinajstić information content (AvgIpc) is 3.62. The number of rotatable bonds is 11. The minimum Gasteiger partial charge on any atom is -0.497 e. The van der Waals surface area contributed by atoms with Gasteiger partial charge in [-0.15, -0.1) is 11.3 Å². The molecule has 2 aromatic heterocycles. The molecular formula is C26H22N6O4S3. The van der Waals surface area contributed by atoms with Gasteiger partial charge < -0.3 is 4.74 Å². The lowest BCUT2D eigenvalue weighted by atomic mass is 10.2. The van der Waals surface area contributed by atoms with Crippen LogP contribution in [0.5, 0.6) is 5.75 Å². The number of hydrazone groups is 1. The fraction of sp³-hybridized carbons (Fsp3) is 0.192. The molecule has 2 aromatic carbocycles. The molecule has 4 aromatic rings. The summed E-state index contributed by atoms with van der Waals surface area (Å²) in [6.45, 7) is -0.0659. The number of anilines is 1. The summed E-state index contributed by atoms with van der Waals surface area (Å²) in [5, 5.41) is 25.6. The first-order valence-electron chi connectivity index (χ1n) is 11.6. The molecule has 10 nitrogen and oxygen atoms in total. The second-order valence-electron chi connectivity index (χ2n) is 7.95. The van der Waals surface area contributed by atoms with Crippen LogP contribution in [0.2, 0.25) is 0 Å². The number of hydrogen-bond acceptors (Lipinski definition) is 10. The van der Waals surface area contributed by atoms with Crippen LogP contribution in [0.15, 0.2) is 70.0 Å². The number of carbonyl (C=O) groups is 1. The first-order valence-corrected chi connectivity index (χ1v) is 14.7. The molecule has 1 amide bonds. The second-order valence-corrected chi connectivity index (χ2v) is 11.9. The van der Waals surface area contributed by atoms with Crippen molar-refractivity contribution in [3.05, 3.63) is 70.4 Å². The van der Waals surface area contributed by atoms with Crippen LogP contribution in [0, 0.1) is 22.7 Å². The van der Waals surface area contributed by atoms with Gasteiger partial charge in [0.15, 0.2) is 0 Å². The Morgan fingerprint density at radius 3 is 2.44 bits per heavy atom. The van der Waals surface area contributed by atoms with E-state index in [-0.39, 0.29) is 36.4 Å². The third kappa shape index (κ3) is 6.47. The van der Waals surface area contributed by atoms with E-state index in [9.17, 15) is 13.2 Å². The van der Waals surface area contributed by atoms with Crippen molar-refractivity contribution in [1.82, 2.24) is 9.29 Å². The number of fused-ring (bicyclic) bond motifs is 1. The van der Waals surface area contributed by atoms with Gasteiger partial charge in [0.25, 0.3) is 5.91 Å². The minimum absolute atomic E-state index is 0.00747. The number of thiophene rings is 1. The van der Waals surface area contributed by atoms with Gasteiger partial charge in [-0.05, 0) is 53.9 Å². The largest absolute Gasteiger partial charge is 0.497 e. The Morgan fingerprint density at radius 2 is 1.82 bits per heavy atom. The predicted octanol–water partition coefficient (Wildman–Crippen LogP) is 4.87. The van der Waals surface area contributed by atoms with Crippen LogP contribution >= 0.6 is 22.7 Å². The SMILES string of the molecule is COc1ccc2nc(N(/N=C/c3cccs3)C(=O)c3ccc(S(=O)(=O)N(CCC#N)CCC#N)cc3)sc2c1. The molecule has 0 spiro atoms. The number of carbonyl (C=O) groups excluding carboxylic acids is 1.